The van der Waals surface area contributed by atoms with Crippen molar-refractivity contribution in [1.29, 1.82) is 0 Å². The molecule has 4 atom stereocenters. The number of aryl methyl sites for hydroxylation is 1. The summed E-state index contributed by atoms with van der Waals surface area (Å²) in [6, 6.07) is 12.3. The number of piperazine rings is 1. The van der Waals surface area contributed by atoms with Crippen molar-refractivity contribution in [2.45, 2.75) is 63.3 Å². The molecule has 3 aromatic carbocycles. The molecule has 9 rings (SSSR count). The number of ether oxygens (including phenoxy) is 2. The van der Waals surface area contributed by atoms with Crippen LogP contribution in [0.3, 0.4) is 0 Å². The van der Waals surface area contributed by atoms with Crippen LogP contribution in [0.2, 0.25) is 0 Å². The molecule has 5 heterocycles. The smallest absolute Gasteiger partial charge is 0.319 e. The largest absolute Gasteiger partial charge is 0.508 e. The summed E-state index contributed by atoms with van der Waals surface area (Å²) in [5.41, 5.74) is 2.75. The molecule has 4 bridgehead atoms. The number of anilines is 1. The van der Waals surface area contributed by atoms with Gasteiger partial charge in [0.05, 0.1) is 19.3 Å². The summed E-state index contributed by atoms with van der Waals surface area (Å²) in [5.74, 6) is 3.08. The summed E-state index contributed by atoms with van der Waals surface area (Å²) in [6.07, 6.45) is 11.9. The van der Waals surface area contributed by atoms with Crippen LogP contribution in [0.25, 0.3) is 32.8 Å². The molecule has 2 N–H and O–H groups in total. The minimum atomic E-state index is -0.477. The number of benzene rings is 3. The second-order valence-electron chi connectivity index (χ2n) is 14.3. The number of hydrogen-bond donors (Lipinski definition) is 2. The zero-order valence-corrected chi connectivity index (χ0v) is 26.1. The van der Waals surface area contributed by atoms with Gasteiger partial charge in [0.15, 0.2) is 5.82 Å². The Morgan fingerprint density at radius 1 is 1.11 bits per heavy atom. The lowest BCUT2D eigenvalue weighted by atomic mass is 9.91. The second kappa shape index (κ2) is 10.5. The van der Waals surface area contributed by atoms with Gasteiger partial charge in [-0.3, -0.25) is 4.90 Å². The lowest BCUT2D eigenvalue weighted by Gasteiger charge is -2.34. The van der Waals surface area contributed by atoms with Crippen LogP contribution in [-0.2, 0) is 4.74 Å². The zero-order valence-electron chi connectivity index (χ0n) is 26.1. The average molecular weight is 620 g/mol. The Labute approximate surface area is 267 Å². The van der Waals surface area contributed by atoms with Crippen molar-refractivity contribution < 1.29 is 19.0 Å². The van der Waals surface area contributed by atoms with Gasteiger partial charge in [-0.25, -0.2) is 4.39 Å². The fourth-order valence-corrected chi connectivity index (χ4v) is 8.41. The first kappa shape index (κ1) is 28.3. The maximum Gasteiger partial charge on any atom is 0.319 e. The van der Waals surface area contributed by atoms with Crippen molar-refractivity contribution >= 4 is 27.5 Å². The molecule has 236 valence electrons. The maximum absolute atomic E-state index is 17.0. The van der Waals surface area contributed by atoms with Gasteiger partial charge in [0.2, 0.25) is 0 Å². The highest BCUT2D eigenvalue weighted by Crippen LogP contribution is 2.48. The minimum absolute atomic E-state index is 0.0463. The maximum atomic E-state index is 17.0. The molecule has 1 aliphatic carbocycles. The first-order valence-electron chi connectivity index (χ1n) is 16.6. The molecule has 8 nitrogen and oxygen atoms in total. The van der Waals surface area contributed by atoms with Crippen molar-refractivity contribution in [1.82, 2.24) is 20.2 Å². The summed E-state index contributed by atoms with van der Waals surface area (Å²) in [5, 5.41) is 16.5. The fourth-order valence-electron chi connectivity index (χ4n) is 8.41. The van der Waals surface area contributed by atoms with Crippen LogP contribution in [0.1, 0.15) is 43.2 Å². The lowest BCUT2D eigenvalue weighted by Crippen LogP contribution is -2.51. The third-order valence-electron chi connectivity index (χ3n) is 11.0. The molecule has 1 saturated carbocycles. The number of phenols is 1. The van der Waals surface area contributed by atoms with E-state index in [1.165, 1.54) is 0 Å². The molecular weight excluding hydrogens is 581 g/mol. The van der Waals surface area contributed by atoms with Crippen molar-refractivity contribution in [2.24, 2.45) is 5.41 Å². The summed E-state index contributed by atoms with van der Waals surface area (Å²) < 4.78 is 29.2. The standard InChI is InChI=1S/C37H38FN5O3/c1-3-28-21(2)4-5-22-12-26(44)14-31(32(22)28)29-8-9-30-34(33(29)38)40-36(41-35(30)42-15-23-6-7-24(16-42)39-23)46-20-37(10-11-37)19-43-17-27-13-25(43)18-45-27/h1,4-5,8-9,12,14,23-25,27,39,44H,6-7,10-11,13,15-20H2,2H3/t23?,24?,25-,27-/m0/s1. The summed E-state index contributed by atoms with van der Waals surface area (Å²) in [7, 11) is 0. The van der Waals surface area contributed by atoms with E-state index in [2.05, 4.69) is 21.0 Å². The number of nitrogens with one attached hydrogen (secondary N) is 1. The van der Waals surface area contributed by atoms with Crippen LogP contribution in [-0.4, -0.2) is 83.6 Å². The highest BCUT2D eigenvalue weighted by Gasteiger charge is 2.49. The van der Waals surface area contributed by atoms with E-state index in [-0.39, 0.29) is 22.7 Å². The van der Waals surface area contributed by atoms with E-state index < -0.39 is 5.82 Å². The Kier molecular flexibility index (Phi) is 6.47. The van der Waals surface area contributed by atoms with Crippen LogP contribution in [0.4, 0.5) is 10.2 Å². The van der Waals surface area contributed by atoms with Gasteiger partial charge in [0, 0.05) is 71.6 Å². The van der Waals surface area contributed by atoms with E-state index in [1.807, 2.05) is 25.1 Å². The van der Waals surface area contributed by atoms with Crippen LogP contribution >= 0.6 is 0 Å². The van der Waals surface area contributed by atoms with E-state index in [9.17, 15) is 5.11 Å². The van der Waals surface area contributed by atoms with Crippen molar-refractivity contribution in [3.8, 4) is 35.2 Å². The predicted molar refractivity (Wildman–Crippen MR) is 176 cm³/mol. The molecule has 4 aliphatic heterocycles. The Bertz CT molecular complexity index is 1920. The third-order valence-corrected chi connectivity index (χ3v) is 11.0. The third kappa shape index (κ3) is 4.69. The quantitative estimate of drug-likeness (QED) is 0.275. The number of hydrogen-bond acceptors (Lipinski definition) is 8. The normalized spacial score (nSPS) is 26.2. The van der Waals surface area contributed by atoms with Crippen LogP contribution in [0.5, 0.6) is 11.8 Å². The molecule has 0 radical (unpaired) electrons. The Morgan fingerprint density at radius 2 is 1.93 bits per heavy atom. The van der Waals surface area contributed by atoms with E-state index >= 15 is 4.39 Å². The second-order valence-corrected chi connectivity index (χ2v) is 14.3. The number of likely N-dealkylation sites (tertiary alicyclic amines) is 1. The van der Waals surface area contributed by atoms with Crippen LogP contribution < -0.4 is 15.0 Å². The molecule has 9 heteroatoms. The van der Waals surface area contributed by atoms with E-state index in [4.69, 9.17) is 25.9 Å². The highest BCUT2D eigenvalue weighted by atomic mass is 19.1. The summed E-state index contributed by atoms with van der Waals surface area (Å²) in [4.78, 5) is 14.5. The van der Waals surface area contributed by atoms with Crippen molar-refractivity contribution in [2.75, 3.05) is 44.3 Å². The lowest BCUT2D eigenvalue weighted by molar-refractivity contribution is 0.0176. The van der Waals surface area contributed by atoms with Gasteiger partial charge in [-0.05, 0) is 73.7 Å². The first-order chi connectivity index (χ1) is 22.4. The zero-order chi connectivity index (χ0) is 31.2. The Hall–Kier alpha value is -3.97. The van der Waals surface area contributed by atoms with Crippen molar-refractivity contribution in [3.05, 3.63) is 53.3 Å². The van der Waals surface area contributed by atoms with Gasteiger partial charge in [-0.2, -0.15) is 9.97 Å². The number of aromatic nitrogens is 2. The number of terminal acetylenes is 1. The number of fused-ring (bicyclic) bond motifs is 6. The fraction of sp³-hybridized carbons (Fsp3) is 0.459. The van der Waals surface area contributed by atoms with Gasteiger partial charge < -0.3 is 24.8 Å². The molecule has 4 saturated heterocycles. The number of rotatable bonds is 7. The molecule has 1 aromatic heterocycles. The monoisotopic (exact) mass is 619 g/mol. The minimum Gasteiger partial charge on any atom is -0.508 e. The Morgan fingerprint density at radius 3 is 2.65 bits per heavy atom. The number of halogens is 1. The first-order valence-corrected chi connectivity index (χ1v) is 16.6. The molecule has 2 unspecified atom stereocenters. The van der Waals surface area contributed by atoms with Gasteiger partial charge >= 0.3 is 6.01 Å². The summed E-state index contributed by atoms with van der Waals surface area (Å²) >= 11 is 0. The Balaban J connectivity index is 1.13. The topological polar surface area (TPSA) is 83.0 Å². The molecule has 0 spiro atoms. The van der Waals surface area contributed by atoms with E-state index in [1.54, 1.807) is 18.2 Å². The number of phenolic OH excluding ortho intramolecular Hbond substituents is 1. The van der Waals surface area contributed by atoms with E-state index in [0.29, 0.717) is 58.7 Å². The molecule has 5 fully saturated rings. The van der Waals surface area contributed by atoms with E-state index in [0.717, 1.165) is 81.2 Å². The SMILES string of the molecule is C#Cc1c(C)ccc2cc(O)cc(-c3ccc4c(N5CC6CCC(C5)N6)nc(OCC5(CN6C[C@@H]7C[C@H]6CO7)CC5)nc4c3F)c12. The highest BCUT2D eigenvalue weighted by molar-refractivity contribution is 6.04. The molecule has 0 amide bonds. The van der Waals surface area contributed by atoms with Crippen molar-refractivity contribution in [3.63, 3.8) is 0 Å². The van der Waals surface area contributed by atoms with Crippen LogP contribution in [0, 0.1) is 30.5 Å². The molecular formula is C37H38FN5O3. The average Bonchev–Trinajstić information content (AvgIpc) is 3.31. The number of morpholine rings is 1. The van der Waals surface area contributed by atoms with Gasteiger partial charge in [-0.15, -0.1) is 6.42 Å². The molecule has 5 aliphatic rings. The van der Waals surface area contributed by atoms with Gasteiger partial charge in [-0.1, -0.05) is 24.1 Å². The predicted octanol–water partition coefficient (Wildman–Crippen LogP) is 5.16. The number of aromatic hydroxyl groups is 1. The molecule has 46 heavy (non-hydrogen) atoms. The van der Waals surface area contributed by atoms with Crippen LogP contribution in [0.15, 0.2) is 36.4 Å². The summed E-state index contributed by atoms with van der Waals surface area (Å²) in [6.45, 7) is 6.85. The van der Waals surface area contributed by atoms with Gasteiger partial charge in [0.1, 0.15) is 17.1 Å². The molecule has 4 aromatic rings. The number of nitrogens with zero attached hydrogens (tertiary/aromatic N) is 4. The van der Waals surface area contributed by atoms with Gasteiger partial charge in [0.25, 0.3) is 0 Å².